The number of hydrogen-bond donors (Lipinski definition) is 1. The Morgan fingerprint density at radius 2 is 1.94 bits per heavy atom. The molecule has 1 aromatic carbocycles. The van der Waals surface area contributed by atoms with Gasteiger partial charge in [0.25, 0.3) is 5.91 Å². The van der Waals surface area contributed by atoms with E-state index in [1.54, 1.807) is 17.1 Å². The lowest BCUT2D eigenvalue weighted by molar-refractivity contribution is 0.0966. The summed E-state index contributed by atoms with van der Waals surface area (Å²) in [5, 5.41) is 11.7. The number of hydrogen-bond acceptors (Lipinski definition) is 5. The first-order valence-electron chi connectivity index (χ1n) is 11.7. The quantitative estimate of drug-likeness (QED) is 0.533. The van der Waals surface area contributed by atoms with Gasteiger partial charge in [0.05, 0.1) is 24.0 Å². The van der Waals surface area contributed by atoms with Crippen LogP contribution in [0.15, 0.2) is 53.8 Å². The maximum absolute atomic E-state index is 12.7. The van der Waals surface area contributed by atoms with Crippen molar-refractivity contribution in [1.82, 2.24) is 29.8 Å². The van der Waals surface area contributed by atoms with Gasteiger partial charge in [0.2, 0.25) is 0 Å². The first-order valence-corrected chi connectivity index (χ1v) is 11.7. The molecule has 1 aliphatic rings. The van der Waals surface area contributed by atoms with E-state index in [2.05, 4.69) is 68.2 Å². The molecule has 0 unspecified atom stereocenters. The Hall–Kier alpha value is -3.52. The van der Waals surface area contributed by atoms with Crippen LogP contribution in [0.1, 0.15) is 60.3 Å². The molecule has 4 rings (SSSR count). The van der Waals surface area contributed by atoms with Crippen molar-refractivity contribution >= 4 is 18.7 Å². The third kappa shape index (κ3) is 5.34. The molecule has 1 amide bonds. The summed E-state index contributed by atoms with van der Waals surface area (Å²) in [5.41, 5.74) is 4.67. The Balaban J connectivity index is 1.52. The van der Waals surface area contributed by atoms with Crippen LogP contribution in [0.3, 0.4) is 0 Å². The van der Waals surface area contributed by atoms with Crippen LogP contribution < -0.4 is 5.32 Å². The Labute approximate surface area is 201 Å². The number of aryl methyl sites for hydroxylation is 1. The molecule has 3 aromatic rings. The first kappa shape index (κ1) is 23.6. The number of nitrogens with one attached hydrogen (secondary N) is 1. The SMILES string of the molecule is C=N/C(=C\c1cc(-c2cnn(C3CCN(C)CC3)c2)ccc1C)NC(=O)c1cnn(C(C)C)c1. The summed E-state index contributed by atoms with van der Waals surface area (Å²) in [6.45, 7) is 11.9. The van der Waals surface area contributed by atoms with Crippen LogP contribution in [0.2, 0.25) is 0 Å². The maximum Gasteiger partial charge on any atom is 0.260 e. The second-order valence-electron chi connectivity index (χ2n) is 9.26. The molecular weight excluding hydrogens is 426 g/mol. The first-order chi connectivity index (χ1) is 16.3. The van der Waals surface area contributed by atoms with E-state index >= 15 is 0 Å². The van der Waals surface area contributed by atoms with Crippen LogP contribution in [-0.4, -0.2) is 57.2 Å². The highest BCUT2D eigenvalue weighted by Gasteiger charge is 2.19. The zero-order valence-electron chi connectivity index (χ0n) is 20.4. The Bertz CT molecular complexity index is 1200. The van der Waals surface area contributed by atoms with Crippen LogP contribution >= 0.6 is 0 Å². The van der Waals surface area contributed by atoms with E-state index in [4.69, 9.17) is 0 Å². The van der Waals surface area contributed by atoms with Crippen molar-refractivity contribution < 1.29 is 4.79 Å². The highest BCUT2D eigenvalue weighted by atomic mass is 16.1. The molecule has 34 heavy (non-hydrogen) atoms. The lowest BCUT2D eigenvalue weighted by Crippen LogP contribution is -2.31. The summed E-state index contributed by atoms with van der Waals surface area (Å²) >= 11 is 0. The van der Waals surface area contributed by atoms with E-state index in [9.17, 15) is 4.79 Å². The number of likely N-dealkylation sites (tertiary alicyclic amines) is 1. The third-order valence-electron chi connectivity index (χ3n) is 6.37. The Morgan fingerprint density at radius 3 is 2.62 bits per heavy atom. The van der Waals surface area contributed by atoms with Gasteiger partial charge in [-0.3, -0.25) is 14.2 Å². The fourth-order valence-electron chi connectivity index (χ4n) is 4.12. The van der Waals surface area contributed by atoms with Crippen LogP contribution in [0.5, 0.6) is 0 Å². The van der Waals surface area contributed by atoms with E-state index in [1.807, 2.05) is 33.0 Å². The van der Waals surface area contributed by atoms with Gasteiger partial charge in [-0.15, -0.1) is 0 Å². The van der Waals surface area contributed by atoms with Crippen molar-refractivity contribution in [2.24, 2.45) is 4.99 Å². The molecule has 0 radical (unpaired) electrons. The van der Waals surface area contributed by atoms with Crippen molar-refractivity contribution in [2.75, 3.05) is 20.1 Å². The fourth-order valence-corrected chi connectivity index (χ4v) is 4.12. The molecule has 0 spiro atoms. The number of carbonyl (C=O) groups excluding carboxylic acids is 1. The van der Waals surface area contributed by atoms with Crippen molar-refractivity contribution in [3.63, 3.8) is 0 Å². The van der Waals surface area contributed by atoms with Gasteiger partial charge in [0.1, 0.15) is 5.82 Å². The number of piperidine rings is 1. The lowest BCUT2D eigenvalue weighted by Gasteiger charge is -2.28. The Kier molecular flexibility index (Phi) is 7.07. The monoisotopic (exact) mass is 459 g/mol. The van der Waals surface area contributed by atoms with E-state index < -0.39 is 0 Å². The van der Waals surface area contributed by atoms with Gasteiger partial charge in [-0.25, -0.2) is 4.99 Å². The fraction of sp³-hybridized carbons (Fsp3) is 0.385. The van der Waals surface area contributed by atoms with E-state index in [0.29, 0.717) is 17.4 Å². The lowest BCUT2D eigenvalue weighted by atomic mass is 10.0. The minimum absolute atomic E-state index is 0.184. The van der Waals surface area contributed by atoms with Gasteiger partial charge in [0, 0.05) is 24.0 Å². The maximum atomic E-state index is 12.7. The molecule has 1 N–H and O–H groups in total. The number of amides is 1. The highest BCUT2D eigenvalue weighted by Crippen LogP contribution is 2.27. The Morgan fingerprint density at radius 1 is 1.18 bits per heavy atom. The summed E-state index contributed by atoms with van der Waals surface area (Å²) < 4.78 is 3.85. The summed E-state index contributed by atoms with van der Waals surface area (Å²) in [6, 6.07) is 6.90. The van der Waals surface area contributed by atoms with Crippen molar-refractivity contribution in [3.05, 3.63) is 65.5 Å². The van der Waals surface area contributed by atoms with Crippen molar-refractivity contribution in [3.8, 4) is 11.1 Å². The van der Waals surface area contributed by atoms with Crippen molar-refractivity contribution in [1.29, 1.82) is 0 Å². The van der Waals surface area contributed by atoms with Crippen LogP contribution in [0.25, 0.3) is 17.2 Å². The van der Waals surface area contributed by atoms with Crippen molar-refractivity contribution in [2.45, 2.75) is 45.7 Å². The van der Waals surface area contributed by atoms with Crippen LogP contribution in [0, 0.1) is 6.92 Å². The number of rotatable bonds is 7. The molecule has 178 valence electrons. The number of aromatic nitrogens is 4. The molecule has 2 aromatic heterocycles. The number of nitrogens with zero attached hydrogens (tertiary/aromatic N) is 6. The average Bonchev–Trinajstić information content (AvgIpc) is 3.51. The zero-order valence-corrected chi connectivity index (χ0v) is 20.4. The molecule has 1 aliphatic heterocycles. The predicted octanol–water partition coefficient (Wildman–Crippen LogP) is 4.33. The molecule has 1 saturated heterocycles. The van der Waals surface area contributed by atoms with Gasteiger partial charge in [-0.1, -0.05) is 12.1 Å². The van der Waals surface area contributed by atoms with E-state index in [0.717, 1.165) is 48.2 Å². The molecule has 0 bridgehead atoms. The van der Waals surface area contributed by atoms with Gasteiger partial charge < -0.3 is 10.2 Å². The van der Waals surface area contributed by atoms with Gasteiger partial charge in [0.15, 0.2) is 0 Å². The second kappa shape index (κ2) is 10.2. The average molecular weight is 460 g/mol. The van der Waals surface area contributed by atoms with Gasteiger partial charge >= 0.3 is 0 Å². The molecular formula is C26H33N7O. The standard InChI is InChI=1S/C26H33N7O/c1-18(2)32-17-23(15-28-32)26(34)30-25(27-4)13-21-12-20(7-6-19(21)3)22-14-29-33(16-22)24-8-10-31(5)11-9-24/h6-7,12-18,24H,4,8-11H2,1-3,5H3,(H,30,34)/b25-13+. The van der Waals surface area contributed by atoms with E-state index in [1.165, 1.54) is 0 Å². The van der Waals surface area contributed by atoms with Crippen LogP contribution in [-0.2, 0) is 0 Å². The molecule has 0 saturated carbocycles. The third-order valence-corrected chi connectivity index (χ3v) is 6.37. The largest absolute Gasteiger partial charge is 0.306 e. The van der Waals surface area contributed by atoms with E-state index in [-0.39, 0.29) is 11.9 Å². The number of aliphatic imine (C=N–C) groups is 1. The minimum atomic E-state index is -0.265. The summed E-state index contributed by atoms with van der Waals surface area (Å²) in [4.78, 5) is 19.1. The summed E-state index contributed by atoms with van der Waals surface area (Å²) in [7, 11) is 2.17. The highest BCUT2D eigenvalue weighted by molar-refractivity contribution is 5.95. The van der Waals surface area contributed by atoms with Crippen LogP contribution in [0.4, 0.5) is 0 Å². The normalized spacial score (nSPS) is 15.6. The molecule has 0 aliphatic carbocycles. The summed E-state index contributed by atoms with van der Waals surface area (Å²) in [6.07, 6.45) is 11.4. The summed E-state index contributed by atoms with van der Waals surface area (Å²) in [5.74, 6) is 0.128. The molecule has 8 nitrogen and oxygen atoms in total. The minimum Gasteiger partial charge on any atom is -0.306 e. The topological polar surface area (TPSA) is 80.3 Å². The smallest absolute Gasteiger partial charge is 0.260 e. The predicted molar refractivity (Wildman–Crippen MR) is 136 cm³/mol. The zero-order chi connectivity index (χ0) is 24.2. The number of benzene rings is 1. The van der Waals surface area contributed by atoms with Gasteiger partial charge in [-0.2, -0.15) is 10.2 Å². The van der Waals surface area contributed by atoms with Gasteiger partial charge in [-0.05, 0) is 89.3 Å². The molecule has 3 heterocycles. The second-order valence-corrected chi connectivity index (χ2v) is 9.26. The number of carbonyl (C=O) groups is 1. The molecule has 1 fully saturated rings. The molecule has 8 heteroatoms. The molecule has 0 atom stereocenters.